The fraction of sp³-hybridized carbons (Fsp3) is 0.385. The van der Waals surface area contributed by atoms with Crippen LogP contribution < -0.4 is 5.32 Å². The maximum atomic E-state index is 12.2. The van der Waals surface area contributed by atoms with E-state index >= 15 is 0 Å². The van der Waals surface area contributed by atoms with Crippen molar-refractivity contribution in [3.05, 3.63) is 35.4 Å². The lowest BCUT2D eigenvalue weighted by Gasteiger charge is -2.22. The summed E-state index contributed by atoms with van der Waals surface area (Å²) in [7, 11) is 0. The van der Waals surface area contributed by atoms with Gasteiger partial charge in [-0.3, -0.25) is 9.69 Å². The van der Waals surface area contributed by atoms with E-state index in [0.29, 0.717) is 6.54 Å². The lowest BCUT2D eigenvalue weighted by molar-refractivity contribution is -0.130. The third-order valence-electron chi connectivity index (χ3n) is 3.22. The highest BCUT2D eigenvalue weighted by Gasteiger charge is 2.48. The summed E-state index contributed by atoms with van der Waals surface area (Å²) >= 11 is 0. The Labute approximate surface area is 101 Å². The van der Waals surface area contributed by atoms with E-state index in [1.807, 2.05) is 31.2 Å². The van der Waals surface area contributed by atoms with Crippen molar-refractivity contribution < 1.29 is 9.59 Å². The summed E-state index contributed by atoms with van der Waals surface area (Å²) in [5, 5.41) is 2.75. The molecular weight excluding hydrogens is 216 g/mol. The first kappa shape index (κ1) is 11.6. The molecule has 0 spiro atoms. The van der Waals surface area contributed by atoms with E-state index in [9.17, 15) is 9.59 Å². The number of carbonyl (C=O) groups is 2. The summed E-state index contributed by atoms with van der Waals surface area (Å²) in [6.07, 6.45) is 0. The molecule has 1 aromatic carbocycles. The second-order valence-corrected chi connectivity index (χ2v) is 4.47. The van der Waals surface area contributed by atoms with Crippen molar-refractivity contribution in [2.24, 2.45) is 0 Å². The second kappa shape index (κ2) is 3.87. The molecular formula is C13H16N2O2. The Morgan fingerprint density at radius 1 is 1.24 bits per heavy atom. The molecule has 1 aliphatic rings. The minimum absolute atomic E-state index is 0.186. The number of nitrogens with one attached hydrogen (secondary N) is 1. The molecule has 4 nitrogen and oxygen atoms in total. The van der Waals surface area contributed by atoms with Gasteiger partial charge in [0.25, 0.3) is 5.91 Å². The van der Waals surface area contributed by atoms with E-state index < -0.39 is 5.54 Å². The fourth-order valence-electron chi connectivity index (χ4n) is 2.07. The zero-order valence-electron chi connectivity index (χ0n) is 10.3. The summed E-state index contributed by atoms with van der Waals surface area (Å²) in [6, 6.07) is 7.32. The van der Waals surface area contributed by atoms with Gasteiger partial charge in [0.05, 0.1) is 0 Å². The molecule has 1 heterocycles. The van der Waals surface area contributed by atoms with Crippen LogP contribution in [-0.2, 0) is 10.3 Å². The van der Waals surface area contributed by atoms with Crippen LogP contribution in [0, 0.1) is 6.92 Å². The van der Waals surface area contributed by atoms with Crippen LogP contribution in [0.15, 0.2) is 24.3 Å². The van der Waals surface area contributed by atoms with Crippen LogP contribution in [0.5, 0.6) is 0 Å². The molecule has 1 unspecified atom stereocenters. The predicted molar refractivity (Wildman–Crippen MR) is 64.4 cm³/mol. The molecule has 1 aliphatic heterocycles. The van der Waals surface area contributed by atoms with Crippen LogP contribution in [-0.4, -0.2) is 23.4 Å². The molecule has 17 heavy (non-hydrogen) atoms. The minimum Gasteiger partial charge on any atom is -0.319 e. The van der Waals surface area contributed by atoms with E-state index in [-0.39, 0.29) is 11.9 Å². The summed E-state index contributed by atoms with van der Waals surface area (Å²) in [5.74, 6) is -0.186. The number of aryl methyl sites for hydroxylation is 1. The summed E-state index contributed by atoms with van der Waals surface area (Å²) < 4.78 is 0. The molecule has 1 atom stereocenters. The van der Waals surface area contributed by atoms with Gasteiger partial charge in [-0.25, -0.2) is 4.79 Å². The molecule has 1 N–H and O–H groups in total. The quantitative estimate of drug-likeness (QED) is 0.790. The Morgan fingerprint density at radius 3 is 2.29 bits per heavy atom. The van der Waals surface area contributed by atoms with Crippen LogP contribution in [0.1, 0.15) is 25.0 Å². The van der Waals surface area contributed by atoms with Crippen LogP contribution >= 0.6 is 0 Å². The van der Waals surface area contributed by atoms with Gasteiger partial charge in [-0.2, -0.15) is 0 Å². The lowest BCUT2D eigenvalue weighted by Crippen LogP contribution is -2.40. The van der Waals surface area contributed by atoms with Crippen molar-refractivity contribution in [2.75, 3.05) is 6.54 Å². The topological polar surface area (TPSA) is 49.4 Å². The number of nitrogens with zero attached hydrogens (tertiary/aromatic N) is 1. The van der Waals surface area contributed by atoms with Gasteiger partial charge in [0, 0.05) is 6.54 Å². The van der Waals surface area contributed by atoms with Crippen molar-refractivity contribution in [3.63, 3.8) is 0 Å². The highest BCUT2D eigenvalue weighted by atomic mass is 16.2. The number of imide groups is 1. The van der Waals surface area contributed by atoms with E-state index in [0.717, 1.165) is 11.1 Å². The lowest BCUT2D eigenvalue weighted by atomic mass is 9.91. The maximum absolute atomic E-state index is 12.2. The van der Waals surface area contributed by atoms with Gasteiger partial charge in [-0.15, -0.1) is 0 Å². The first-order chi connectivity index (χ1) is 7.99. The van der Waals surface area contributed by atoms with Gasteiger partial charge in [0.1, 0.15) is 5.54 Å². The number of urea groups is 1. The molecule has 1 aromatic rings. The fourth-order valence-corrected chi connectivity index (χ4v) is 2.07. The molecule has 0 aliphatic carbocycles. The first-order valence-electron chi connectivity index (χ1n) is 5.70. The van der Waals surface area contributed by atoms with Crippen molar-refractivity contribution in [2.45, 2.75) is 26.3 Å². The predicted octanol–water partition coefficient (Wildman–Crippen LogP) is 1.78. The minimum atomic E-state index is -0.930. The van der Waals surface area contributed by atoms with Crippen molar-refractivity contribution in [1.82, 2.24) is 10.2 Å². The Kier molecular flexibility index (Phi) is 2.65. The highest BCUT2D eigenvalue weighted by Crippen LogP contribution is 2.28. The molecule has 0 bridgehead atoms. The van der Waals surface area contributed by atoms with Gasteiger partial charge in [-0.1, -0.05) is 29.8 Å². The standard InChI is InChI=1S/C13H16N2O2/c1-4-15-11(16)13(3,14-12(15)17)10-7-5-9(2)6-8-10/h5-8H,4H2,1-3H3,(H,14,17). The van der Waals surface area contributed by atoms with Crippen LogP contribution in [0.3, 0.4) is 0 Å². The summed E-state index contributed by atoms with van der Waals surface area (Å²) in [5.41, 5.74) is 1.01. The van der Waals surface area contributed by atoms with Crippen molar-refractivity contribution >= 4 is 11.9 Å². The van der Waals surface area contributed by atoms with Gasteiger partial charge in [0.2, 0.25) is 0 Å². The first-order valence-corrected chi connectivity index (χ1v) is 5.70. The number of rotatable bonds is 2. The molecule has 1 saturated heterocycles. The summed E-state index contributed by atoms with van der Waals surface area (Å²) in [6.45, 7) is 5.91. The third-order valence-corrected chi connectivity index (χ3v) is 3.22. The van der Waals surface area contributed by atoms with E-state index in [2.05, 4.69) is 5.32 Å². The van der Waals surface area contributed by atoms with E-state index in [1.54, 1.807) is 13.8 Å². The maximum Gasteiger partial charge on any atom is 0.325 e. The smallest absolute Gasteiger partial charge is 0.319 e. The molecule has 1 fully saturated rings. The van der Waals surface area contributed by atoms with Crippen LogP contribution in [0.25, 0.3) is 0 Å². The van der Waals surface area contributed by atoms with Crippen LogP contribution in [0.4, 0.5) is 4.79 Å². The summed E-state index contributed by atoms with van der Waals surface area (Å²) in [4.78, 5) is 25.1. The number of likely N-dealkylation sites (N-methyl/N-ethyl adjacent to an activating group) is 1. The van der Waals surface area contributed by atoms with E-state index in [4.69, 9.17) is 0 Å². The van der Waals surface area contributed by atoms with Crippen molar-refractivity contribution in [1.29, 1.82) is 0 Å². The van der Waals surface area contributed by atoms with Gasteiger partial charge in [-0.05, 0) is 26.3 Å². The molecule has 2 rings (SSSR count). The zero-order valence-corrected chi connectivity index (χ0v) is 10.3. The van der Waals surface area contributed by atoms with Gasteiger partial charge in [0.15, 0.2) is 0 Å². The molecule has 0 saturated carbocycles. The number of hydrogen-bond donors (Lipinski definition) is 1. The van der Waals surface area contributed by atoms with Crippen molar-refractivity contribution in [3.8, 4) is 0 Å². The van der Waals surface area contributed by atoms with Gasteiger partial charge >= 0.3 is 6.03 Å². The average molecular weight is 232 g/mol. The Bertz CT molecular complexity index is 467. The molecule has 4 heteroatoms. The second-order valence-electron chi connectivity index (χ2n) is 4.47. The third kappa shape index (κ3) is 1.69. The molecule has 90 valence electrons. The average Bonchev–Trinajstić information content (AvgIpc) is 2.51. The highest BCUT2D eigenvalue weighted by molar-refractivity contribution is 6.07. The monoisotopic (exact) mass is 232 g/mol. The number of benzene rings is 1. The Morgan fingerprint density at radius 2 is 1.82 bits per heavy atom. The Hall–Kier alpha value is -1.84. The number of hydrogen-bond acceptors (Lipinski definition) is 2. The number of amides is 3. The normalized spacial score (nSPS) is 24.1. The largest absolute Gasteiger partial charge is 0.325 e. The molecule has 0 radical (unpaired) electrons. The molecule has 0 aromatic heterocycles. The zero-order chi connectivity index (χ0) is 12.6. The SMILES string of the molecule is CCN1C(=O)NC(C)(c2ccc(C)cc2)C1=O. The van der Waals surface area contributed by atoms with Gasteiger partial charge < -0.3 is 5.32 Å². The van der Waals surface area contributed by atoms with Crippen LogP contribution in [0.2, 0.25) is 0 Å². The number of carbonyl (C=O) groups excluding carboxylic acids is 2. The Balaban J connectivity index is 2.41. The molecule has 3 amide bonds. The van der Waals surface area contributed by atoms with E-state index in [1.165, 1.54) is 4.90 Å².